The summed E-state index contributed by atoms with van der Waals surface area (Å²) in [5.74, 6) is -0.219. The summed E-state index contributed by atoms with van der Waals surface area (Å²) in [5.41, 5.74) is 5.90. The Kier molecular flexibility index (Phi) is 4.42. The van der Waals surface area contributed by atoms with Gasteiger partial charge >= 0.3 is 0 Å². The van der Waals surface area contributed by atoms with Crippen LogP contribution >= 0.6 is 0 Å². The van der Waals surface area contributed by atoms with Crippen molar-refractivity contribution in [2.24, 2.45) is 11.7 Å². The van der Waals surface area contributed by atoms with Crippen molar-refractivity contribution in [1.82, 2.24) is 10.2 Å². The first-order chi connectivity index (χ1) is 9.00. The number of nitrogens with one attached hydrogen (secondary N) is 1. The minimum atomic E-state index is -0.561. The molecular formula is C13H23N3O3. The number of carbonyl (C=O) groups is 2. The highest BCUT2D eigenvalue weighted by molar-refractivity contribution is 5.90. The molecule has 108 valence electrons. The van der Waals surface area contributed by atoms with Gasteiger partial charge in [-0.1, -0.05) is 13.8 Å². The van der Waals surface area contributed by atoms with Crippen LogP contribution in [0.2, 0.25) is 0 Å². The van der Waals surface area contributed by atoms with E-state index in [0.717, 1.165) is 12.8 Å². The third kappa shape index (κ3) is 3.45. The van der Waals surface area contributed by atoms with Gasteiger partial charge in [-0.05, 0) is 18.8 Å². The van der Waals surface area contributed by atoms with Crippen LogP contribution in [-0.4, -0.2) is 54.6 Å². The highest BCUT2D eigenvalue weighted by Gasteiger charge is 2.37. The number of amides is 2. The highest BCUT2D eigenvalue weighted by atomic mass is 16.5. The van der Waals surface area contributed by atoms with Gasteiger partial charge < -0.3 is 20.7 Å². The zero-order valence-electron chi connectivity index (χ0n) is 11.6. The molecule has 0 aromatic rings. The molecule has 0 spiro atoms. The number of carbonyl (C=O) groups excluding carboxylic acids is 2. The van der Waals surface area contributed by atoms with Gasteiger partial charge in [0.2, 0.25) is 11.8 Å². The van der Waals surface area contributed by atoms with Gasteiger partial charge in [0.25, 0.3) is 0 Å². The van der Waals surface area contributed by atoms with Crippen LogP contribution in [0.1, 0.15) is 26.7 Å². The van der Waals surface area contributed by atoms with Crippen molar-refractivity contribution in [3.63, 3.8) is 0 Å². The monoisotopic (exact) mass is 269 g/mol. The lowest BCUT2D eigenvalue weighted by Crippen LogP contribution is -2.60. The summed E-state index contributed by atoms with van der Waals surface area (Å²) in [6, 6.07) is -0.814. The largest absolute Gasteiger partial charge is 0.377 e. The van der Waals surface area contributed by atoms with Crippen LogP contribution in [-0.2, 0) is 14.3 Å². The summed E-state index contributed by atoms with van der Waals surface area (Å²) in [6.45, 7) is 4.96. The van der Waals surface area contributed by atoms with Crippen LogP contribution < -0.4 is 11.1 Å². The van der Waals surface area contributed by atoms with E-state index in [-0.39, 0.29) is 30.4 Å². The Morgan fingerprint density at radius 2 is 2.05 bits per heavy atom. The first-order valence-corrected chi connectivity index (χ1v) is 6.95. The van der Waals surface area contributed by atoms with Crippen LogP contribution in [0, 0.1) is 5.92 Å². The minimum Gasteiger partial charge on any atom is -0.377 e. The van der Waals surface area contributed by atoms with Crippen molar-refractivity contribution in [3.05, 3.63) is 0 Å². The van der Waals surface area contributed by atoms with E-state index < -0.39 is 12.1 Å². The van der Waals surface area contributed by atoms with Gasteiger partial charge in [-0.15, -0.1) is 0 Å². The van der Waals surface area contributed by atoms with Crippen molar-refractivity contribution in [1.29, 1.82) is 0 Å². The highest BCUT2D eigenvalue weighted by Crippen LogP contribution is 2.20. The summed E-state index contributed by atoms with van der Waals surface area (Å²) in [6.07, 6.45) is 2.05. The van der Waals surface area contributed by atoms with Crippen molar-refractivity contribution in [2.45, 2.75) is 44.8 Å². The molecule has 0 bridgehead atoms. The Bertz CT molecular complexity index is 355. The van der Waals surface area contributed by atoms with Crippen molar-refractivity contribution in [3.8, 4) is 0 Å². The second-order valence-electron chi connectivity index (χ2n) is 5.68. The Morgan fingerprint density at radius 3 is 2.63 bits per heavy atom. The maximum Gasteiger partial charge on any atom is 0.245 e. The van der Waals surface area contributed by atoms with Gasteiger partial charge in [-0.3, -0.25) is 9.59 Å². The Balaban J connectivity index is 2.01. The molecule has 2 aliphatic rings. The van der Waals surface area contributed by atoms with Crippen LogP contribution in [0.4, 0.5) is 0 Å². The second-order valence-corrected chi connectivity index (χ2v) is 5.68. The molecule has 0 aromatic heterocycles. The van der Waals surface area contributed by atoms with Crippen molar-refractivity contribution >= 4 is 11.8 Å². The summed E-state index contributed by atoms with van der Waals surface area (Å²) >= 11 is 0. The molecule has 1 saturated carbocycles. The van der Waals surface area contributed by atoms with E-state index in [2.05, 4.69) is 5.32 Å². The molecular weight excluding hydrogens is 246 g/mol. The predicted molar refractivity (Wildman–Crippen MR) is 70.3 cm³/mol. The molecule has 1 heterocycles. The average Bonchev–Trinajstić information content (AvgIpc) is 3.20. The first-order valence-electron chi connectivity index (χ1n) is 6.95. The van der Waals surface area contributed by atoms with Gasteiger partial charge in [-0.2, -0.15) is 0 Å². The van der Waals surface area contributed by atoms with Crippen LogP contribution in [0.5, 0.6) is 0 Å². The first kappa shape index (κ1) is 14.3. The summed E-state index contributed by atoms with van der Waals surface area (Å²) in [4.78, 5) is 26.0. The van der Waals surface area contributed by atoms with E-state index in [4.69, 9.17) is 10.5 Å². The third-order valence-electron chi connectivity index (χ3n) is 3.64. The van der Waals surface area contributed by atoms with Gasteiger partial charge in [0, 0.05) is 12.6 Å². The quantitative estimate of drug-likeness (QED) is 0.719. The fourth-order valence-corrected chi connectivity index (χ4v) is 2.09. The summed E-state index contributed by atoms with van der Waals surface area (Å²) in [7, 11) is 0. The number of hydrogen-bond donors (Lipinski definition) is 2. The lowest BCUT2D eigenvalue weighted by molar-refractivity contribution is -0.150. The number of nitrogens with zero attached hydrogens (tertiary/aromatic N) is 1. The van der Waals surface area contributed by atoms with Gasteiger partial charge in [0.05, 0.1) is 19.3 Å². The average molecular weight is 269 g/mol. The topological polar surface area (TPSA) is 84.7 Å². The summed E-state index contributed by atoms with van der Waals surface area (Å²) < 4.78 is 5.33. The zero-order valence-corrected chi connectivity index (χ0v) is 11.6. The molecule has 6 heteroatoms. The molecule has 2 fully saturated rings. The van der Waals surface area contributed by atoms with E-state index in [1.165, 1.54) is 0 Å². The molecule has 6 nitrogen and oxygen atoms in total. The fraction of sp³-hybridized carbons (Fsp3) is 0.846. The van der Waals surface area contributed by atoms with Gasteiger partial charge in [-0.25, -0.2) is 0 Å². The molecule has 1 aliphatic carbocycles. The van der Waals surface area contributed by atoms with Crippen LogP contribution in [0.3, 0.4) is 0 Å². The van der Waals surface area contributed by atoms with E-state index in [9.17, 15) is 9.59 Å². The number of morpholine rings is 1. The smallest absolute Gasteiger partial charge is 0.245 e. The standard InChI is InChI=1S/C13H23N3O3/c1-8(2)11(14)13(18)16-5-6-19-7-10(16)12(17)15-9-3-4-9/h8-11H,3-7,14H2,1-2H3,(H,15,17). The Hall–Kier alpha value is -1.14. The van der Waals surface area contributed by atoms with Crippen LogP contribution in [0.25, 0.3) is 0 Å². The molecule has 1 saturated heterocycles. The molecule has 0 radical (unpaired) electrons. The molecule has 2 rings (SSSR count). The van der Waals surface area contributed by atoms with Crippen LogP contribution in [0.15, 0.2) is 0 Å². The lowest BCUT2D eigenvalue weighted by Gasteiger charge is -2.36. The summed E-state index contributed by atoms with van der Waals surface area (Å²) in [5, 5.41) is 2.92. The van der Waals surface area contributed by atoms with E-state index in [1.807, 2.05) is 13.8 Å². The van der Waals surface area contributed by atoms with Crippen molar-refractivity contribution < 1.29 is 14.3 Å². The predicted octanol–water partition coefficient (Wildman–Crippen LogP) is -0.524. The Morgan fingerprint density at radius 1 is 1.37 bits per heavy atom. The fourth-order valence-electron chi connectivity index (χ4n) is 2.09. The van der Waals surface area contributed by atoms with E-state index >= 15 is 0 Å². The maximum absolute atomic E-state index is 12.3. The molecule has 3 N–H and O–H groups in total. The van der Waals surface area contributed by atoms with Crippen molar-refractivity contribution in [2.75, 3.05) is 19.8 Å². The molecule has 2 unspecified atom stereocenters. The molecule has 1 aliphatic heterocycles. The second kappa shape index (κ2) is 5.88. The number of rotatable bonds is 4. The SMILES string of the molecule is CC(C)C(N)C(=O)N1CCOCC1C(=O)NC1CC1. The minimum absolute atomic E-state index is 0.0579. The Labute approximate surface area is 113 Å². The van der Waals surface area contributed by atoms with Gasteiger partial charge in [0.15, 0.2) is 0 Å². The molecule has 0 aromatic carbocycles. The number of nitrogens with two attached hydrogens (primary N) is 1. The zero-order chi connectivity index (χ0) is 14.0. The van der Waals surface area contributed by atoms with E-state index in [1.54, 1.807) is 4.90 Å². The van der Waals surface area contributed by atoms with Gasteiger partial charge in [0.1, 0.15) is 6.04 Å². The molecule has 19 heavy (non-hydrogen) atoms. The third-order valence-corrected chi connectivity index (χ3v) is 3.64. The number of ether oxygens (including phenoxy) is 1. The lowest BCUT2D eigenvalue weighted by atomic mass is 10.0. The molecule has 2 amide bonds. The molecule has 2 atom stereocenters. The van der Waals surface area contributed by atoms with E-state index in [0.29, 0.717) is 13.2 Å². The normalized spacial score (nSPS) is 25.3. The number of hydrogen-bond acceptors (Lipinski definition) is 4. The maximum atomic E-state index is 12.3.